The second kappa shape index (κ2) is 11.0. The second-order valence-electron chi connectivity index (χ2n) is 7.32. The molecule has 2 aromatic carbocycles. The summed E-state index contributed by atoms with van der Waals surface area (Å²) in [5, 5.41) is 3.47. The number of aliphatic imine (C=N–C) groups is 1. The monoisotopic (exact) mass is 406 g/mol. The quantitative estimate of drug-likeness (QED) is 0.547. The van der Waals surface area contributed by atoms with Gasteiger partial charge in [0.2, 0.25) is 0 Å². The van der Waals surface area contributed by atoms with Gasteiger partial charge in [-0.2, -0.15) is 0 Å². The minimum absolute atomic E-state index is 0.102. The van der Waals surface area contributed by atoms with Crippen molar-refractivity contribution in [3.8, 4) is 5.75 Å². The fourth-order valence-electron chi connectivity index (χ4n) is 3.49. The van der Waals surface area contributed by atoms with Crippen molar-refractivity contribution in [2.45, 2.75) is 19.3 Å². The van der Waals surface area contributed by atoms with E-state index in [1.54, 1.807) is 0 Å². The number of nitrogens with two attached hydrogens (primary N) is 1. The smallest absolute Gasteiger partial charge is 0.255 e. The highest BCUT2D eigenvalue weighted by atomic mass is 16.5. The Morgan fingerprint density at radius 1 is 1.13 bits per heavy atom. The van der Waals surface area contributed by atoms with Gasteiger partial charge in [0.25, 0.3) is 5.91 Å². The predicted molar refractivity (Wildman–Crippen MR) is 121 cm³/mol. The fourth-order valence-corrected chi connectivity index (χ4v) is 3.49. The van der Waals surface area contributed by atoms with Crippen molar-refractivity contribution < 1.29 is 9.53 Å². The molecule has 0 aliphatic carbocycles. The van der Waals surface area contributed by atoms with E-state index >= 15 is 0 Å². The number of benzene rings is 2. The number of amides is 1. The summed E-state index contributed by atoms with van der Waals surface area (Å²) in [5.74, 6) is 1.12. The predicted octanol–water partition coefficient (Wildman–Crippen LogP) is 2.85. The summed E-state index contributed by atoms with van der Waals surface area (Å²) in [5.41, 5.74) is 9.05. The van der Waals surface area contributed by atoms with Gasteiger partial charge in [0, 0.05) is 26.7 Å². The van der Waals surface area contributed by atoms with Gasteiger partial charge in [-0.25, -0.2) is 0 Å². The number of likely N-dealkylation sites (tertiary alicyclic amines) is 1. The van der Waals surface area contributed by atoms with Gasteiger partial charge in [0.05, 0.1) is 0 Å². The molecule has 1 amide bonds. The van der Waals surface area contributed by atoms with E-state index in [1.807, 2.05) is 37.4 Å². The summed E-state index contributed by atoms with van der Waals surface area (Å²) in [7, 11) is 1.84. The molecule has 2 aromatic rings. The normalized spacial score (nSPS) is 14.4. The summed E-state index contributed by atoms with van der Waals surface area (Å²) in [6.07, 6.45) is 5.30. The topological polar surface area (TPSA) is 80.0 Å². The molecule has 3 N–H and O–H groups in total. The number of ether oxygens (including phenoxy) is 1. The maximum Gasteiger partial charge on any atom is 0.255 e. The van der Waals surface area contributed by atoms with Gasteiger partial charge in [0.15, 0.2) is 12.6 Å². The summed E-state index contributed by atoms with van der Waals surface area (Å²) < 4.78 is 5.29. The maximum atomic E-state index is 10.8. The van der Waals surface area contributed by atoms with Crippen LogP contribution < -0.4 is 15.8 Å². The molecule has 0 aromatic heterocycles. The summed E-state index contributed by atoms with van der Waals surface area (Å²) in [6, 6.07) is 18.2. The van der Waals surface area contributed by atoms with E-state index in [1.165, 1.54) is 16.7 Å². The van der Waals surface area contributed by atoms with Crippen molar-refractivity contribution in [1.29, 1.82) is 0 Å². The van der Waals surface area contributed by atoms with Gasteiger partial charge in [-0.3, -0.25) is 9.79 Å². The van der Waals surface area contributed by atoms with Gasteiger partial charge in [0.1, 0.15) is 5.75 Å². The molecule has 0 bridgehead atoms. The number of carbonyl (C=O) groups excluding carboxylic acids is 1. The highest BCUT2D eigenvalue weighted by Crippen LogP contribution is 2.19. The lowest BCUT2D eigenvalue weighted by molar-refractivity contribution is -0.119. The van der Waals surface area contributed by atoms with Gasteiger partial charge in [-0.1, -0.05) is 54.1 Å². The summed E-state index contributed by atoms with van der Waals surface area (Å²) >= 11 is 0. The number of guanidine groups is 1. The molecule has 0 saturated carbocycles. The van der Waals surface area contributed by atoms with E-state index in [0.29, 0.717) is 5.75 Å². The molecule has 158 valence electrons. The van der Waals surface area contributed by atoms with Crippen LogP contribution in [-0.4, -0.2) is 50.1 Å². The van der Waals surface area contributed by atoms with Crippen LogP contribution in [0.25, 0.3) is 6.08 Å². The molecule has 3 rings (SSSR count). The highest BCUT2D eigenvalue weighted by molar-refractivity contribution is 5.80. The zero-order valence-corrected chi connectivity index (χ0v) is 17.5. The maximum absolute atomic E-state index is 10.8. The first-order chi connectivity index (χ1) is 14.6. The Bertz CT molecular complexity index is 866. The fraction of sp³-hybridized carbons (Fsp3) is 0.333. The Kier molecular flexibility index (Phi) is 7.89. The van der Waals surface area contributed by atoms with E-state index in [-0.39, 0.29) is 6.61 Å². The number of piperidine rings is 1. The first-order valence-corrected chi connectivity index (χ1v) is 10.3. The van der Waals surface area contributed by atoms with Crippen LogP contribution in [0.15, 0.2) is 65.2 Å². The Labute approximate surface area is 178 Å². The number of hydrogen-bond donors (Lipinski definition) is 2. The molecule has 1 aliphatic heterocycles. The van der Waals surface area contributed by atoms with Crippen molar-refractivity contribution in [2.24, 2.45) is 10.7 Å². The molecular formula is C24H30N4O2. The van der Waals surface area contributed by atoms with Crippen molar-refractivity contribution in [3.63, 3.8) is 0 Å². The zero-order valence-electron chi connectivity index (χ0n) is 17.5. The Balaban J connectivity index is 1.43. The molecule has 6 heteroatoms. The van der Waals surface area contributed by atoms with Gasteiger partial charge < -0.3 is 20.7 Å². The minimum Gasteiger partial charge on any atom is -0.484 e. The van der Waals surface area contributed by atoms with Crippen molar-refractivity contribution in [3.05, 3.63) is 71.3 Å². The third kappa shape index (κ3) is 6.65. The summed E-state index contributed by atoms with van der Waals surface area (Å²) in [4.78, 5) is 17.6. The molecule has 6 nitrogen and oxygen atoms in total. The molecule has 0 atom stereocenters. The Morgan fingerprint density at radius 3 is 2.47 bits per heavy atom. The van der Waals surface area contributed by atoms with Crippen molar-refractivity contribution in [2.75, 3.05) is 33.3 Å². The van der Waals surface area contributed by atoms with Gasteiger partial charge >= 0.3 is 0 Å². The van der Waals surface area contributed by atoms with E-state index in [9.17, 15) is 4.79 Å². The van der Waals surface area contributed by atoms with Gasteiger partial charge in [-0.15, -0.1) is 0 Å². The third-order valence-corrected chi connectivity index (χ3v) is 5.09. The van der Waals surface area contributed by atoms with E-state index < -0.39 is 5.91 Å². The molecule has 30 heavy (non-hydrogen) atoms. The first kappa shape index (κ1) is 21.4. The lowest BCUT2D eigenvalue weighted by atomic mass is 10.0. The van der Waals surface area contributed by atoms with Crippen LogP contribution in [0.5, 0.6) is 5.75 Å². The number of hydrogen-bond acceptors (Lipinski definition) is 3. The van der Waals surface area contributed by atoms with E-state index in [2.05, 4.69) is 45.6 Å². The van der Waals surface area contributed by atoms with Crippen LogP contribution in [0.2, 0.25) is 0 Å². The SMILES string of the molecule is CN=C(NCCc1ccc(OCC(N)=O)cc1)N1CCC(=Cc2ccccc2)CC1. The third-order valence-electron chi connectivity index (χ3n) is 5.09. The average Bonchev–Trinajstić information content (AvgIpc) is 2.77. The zero-order chi connectivity index (χ0) is 21.2. The van der Waals surface area contributed by atoms with E-state index in [4.69, 9.17) is 10.5 Å². The molecule has 1 heterocycles. The Morgan fingerprint density at radius 2 is 1.83 bits per heavy atom. The standard InChI is InChI=1S/C24H30N4O2/c1-26-24(27-14-11-19-7-9-22(10-8-19)30-18-23(25)29)28-15-12-21(13-16-28)17-20-5-3-2-4-6-20/h2-10,17H,11-16,18H2,1H3,(H2,25,29)(H,26,27). The van der Waals surface area contributed by atoms with Crippen LogP contribution in [0, 0.1) is 0 Å². The molecule has 1 fully saturated rings. The van der Waals surface area contributed by atoms with E-state index in [0.717, 1.165) is 44.9 Å². The molecule has 0 radical (unpaired) electrons. The van der Waals surface area contributed by atoms with Crippen LogP contribution in [0.1, 0.15) is 24.0 Å². The lowest BCUT2D eigenvalue weighted by Gasteiger charge is -2.31. The summed E-state index contributed by atoms with van der Waals surface area (Å²) in [6.45, 7) is 2.65. The van der Waals surface area contributed by atoms with Crippen LogP contribution in [-0.2, 0) is 11.2 Å². The molecule has 1 saturated heterocycles. The number of rotatable bonds is 7. The molecule has 0 unspecified atom stereocenters. The number of carbonyl (C=O) groups is 1. The van der Waals surface area contributed by atoms with Crippen LogP contribution in [0.4, 0.5) is 0 Å². The largest absolute Gasteiger partial charge is 0.484 e. The molecular weight excluding hydrogens is 376 g/mol. The van der Waals surface area contributed by atoms with Crippen molar-refractivity contribution >= 4 is 17.9 Å². The second-order valence-corrected chi connectivity index (χ2v) is 7.32. The number of primary amides is 1. The van der Waals surface area contributed by atoms with Crippen molar-refractivity contribution in [1.82, 2.24) is 10.2 Å². The lowest BCUT2D eigenvalue weighted by Crippen LogP contribution is -2.45. The first-order valence-electron chi connectivity index (χ1n) is 10.3. The number of nitrogens with zero attached hydrogens (tertiary/aromatic N) is 2. The minimum atomic E-state index is -0.477. The highest BCUT2D eigenvalue weighted by Gasteiger charge is 2.17. The average molecular weight is 407 g/mol. The van der Waals surface area contributed by atoms with Crippen LogP contribution >= 0.6 is 0 Å². The van der Waals surface area contributed by atoms with Gasteiger partial charge in [-0.05, 0) is 42.5 Å². The Hall–Kier alpha value is -3.28. The molecule has 0 spiro atoms. The van der Waals surface area contributed by atoms with Crippen LogP contribution in [0.3, 0.4) is 0 Å². The number of nitrogens with one attached hydrogen (secondary N) is 1. The molecule has 1 aliphatic rings.